The second-order valence-electron chi connectivity index (χ2n) is 5.07. The van der Waals surface area contributed by atoms with Crippen LogP contribution in [-0.2, 0) is 0 Å². The lowest BCUT2D eigenvalue weighted by Crippen LogP contribution is -2.21. The molecule has 0 fully saturated rings. The number of benzene rings is 2. The van der Waals surface area contributed by atoms with Crippen molar-refractivity contribution in [1.29, 1.82) is 0 Å². The zero-order valence-corrected chi connectivity index (χ0v) is 12.5. The Kier molecular flexibility index (Phi) is 3.63. The molecule has 0 radical (unpaired) electrons. The van der Waals surface area contributed by atoms with E-state index < -0.39 is 6.10 Å². The molecule has 0 spiro atoms. The third-order valence-electron chi connectivity index (χ3n) is 3.73. The minimum atomic E-state index is -0.424. The van der Waals surface area contributed by atoms with Crippen LogP contribution in [-0.4, -0.2) is 20.0 Å². The first-order chi connectivity index (χ1) is 10.6. The molecule has 2 N–H and O–H groups in total. The number of ether oxygens (including phenoxy) is 3. The maximum Gasteiger partial charge on any atom is 0.170 e. The van der Waals surface area contributed by atoms with Crippen molar-refractivity contribution in [3.63, 3.8) is 0 Å². The van der Waals surface area contributed by atoms with Crippen molar-refractivity contribution in [2.24, 2.45) is 0 Å². The number of anilines is 1. The van der Waals surface area contributed by atoms with Crippen LogP contribution in [0.5, 0.6) is 17.2 Å². The van der Waals surface area contributed by atoms with Gasteiger partial charge in [0.2, 0.25) is 0 Å². The fourth-order valence-corrected chi connectivity index (χ4v) is 2.68. The fourth-order valence-electron chi connectivity index (χ4n) is 2.68. The van der Waals surface area contributed by atoms with Crippen molar-refractivity contribution < 1.29 is 19.0 Å². The van der Waals surface area contributed by atoms with Gasteiger partial charge in [0.1, 0.15) is 11.9 Å². The predicted octanol–water partition coefficient (Wildman–Crippen LogP) is 2.99. The number of carbonyl (C=O) groups excluding carboxylic acids is 1. The molecular weight excluding hydrogens is 282 g/mol. The highest BCUT2D eigenvalue weighted by atomic mass is 16.5. The summed E-state index contributed by atoms with van der Waals surface area (Å²) in [7, 11) is 3.14. The van der Waals surface area contributed by atoms with Gasteiger partial charge in [0.05, 0.1) is 26.2 Å². The molecule has 22 heavy (non-hydrogen) atoms. The Morgan fingerprint density at radius 2 is 2.00 bits per heavy atom. The van der Waals surface area contributed by atoms with Gasteiger partial charge in [-0.3, -0.25) is 4.79 Å². The molecule has 1 atom stereocenters. The van der Waals surface area contributed by atoms with E-state index in [-0.39, 0.29) is 12.2 Å². The molecule has 0 aliphatic carbocycles. The summed E-state index contributed by atoms with van der Waals surface area (Å²) in [6, 6.07) is 10.6. The minimum absolute atomic E-state index is 0.0242. The number of rotatable bonds is 3. The first kappa shape index (κ1) is 14.3. The van der Waals surface area contributed by atoms with E-state index in [2.05, 4.69) is 0 Å². The Labute approximate surface area is 128 Å². The van der Waals surface area contributed by atoms with Crippen LogP contribution in [0.15, 0.2) is 36.4 Å². The molecule has 0 bridgehead atoms. The van der Waals surface area contributed by atoms with Gasteiger partial charge in [-0.25, -0.2) is 0 Å². The highest BCUT2D eigenvalue weighted by Gasteiger charge is 2.30. The Morgan fingerprint density at radius 1 is 1.18 bits per heavy atom. The number of nitrogen functional groups attached to an aromatic ring is 1. The number of Topliss-reactive ketones (excluding diaryl/α,β-unsaturated/α-hetero) is 1. The molecule has 0 aromatic heterocycles. The highest BCUT2D eigenvalue weighted by Crippen LogP contribution is 2.42. The highest BCUT2D eigenvalue weighted by molar-refractivity contribution is 6.00. The number of carbonyl (C=O) groups is 1. The Morgan fingerprint density at radius 3 is 2.73 bits per heavy atom. The molecule has 1 aliphatic heterocycles. The largest absolute Gasteiger partial charge is 0.493 e. The SMILES string of the molecule is COc1cccc(C2CC(=O)c3ccc(N)cc3O2)c1OC. The Hall–Kier alpha value is -2.69. The van der Waals surface area contributed by atoms with Gasteiger partial charge in [-0.2, -0.15) is 0 Å². The normalized spacial score (nSPS) is 16.6. The van der Waals surface area contributed by atoms with E-state index in [4.69, 9.17) is 19.9 Å². The summed E-state index contributed by atoms with van der Waals surface area (Å²) in [5.74, 6) is 1.71. The summed E-state index contributed by atoms with van der Waals surface area (Å²) in [5.41, 5.74) is 7.68. The van der Waals surface area contributed by atoms with Crippen LogP contribution in [0.4, 0.5) is 5.69 Å². The molecule has 0 amide bonds. The van der Waals surface area contributed by atoms with Crippen molar-refractivity contribution in [1.82, 2.24) is 0 Å². The molecule has 1 heterocycles. The number of fused-ring (bicyclic) bond motifs is 1. The standard InChI is InChI=1S/C17H17NO4/c1-20-14-5-3-4-12(17(14)21-2)16-9-13(19)11-7-6-10(18)8-15(11)22-16/h3-8,16H,9,18H2,1-2H3. The first-order valence-corrected chi connectivity index (χ1v) is 6.94. The molecule has 1 aliphatic rings. The molecule has 114 valence electrons. The van der Waals surface area contributed by atoms with E-state index in [1.54, 1.807) is 38.5 Å². The van der Waals surface area contributed by atoms with Crippen LogP contribution in [0.2, 0.25) is 0 Å². The van der Waals surface area contributed by atoms with Crippen LogP contribution in [0, 0.1) is 0 Å². The zero-order valence-electron chi connectivity index (χ0n) is 12.5. The van der Waals surface area contributed by atoms with E-state index in [1.165, 1.54) is 0 Å². The summed E-state index contributed by atoms with van der Waals surface area (Å²) in [6.45, 7) is 0. The number of ketones is 1. The summed E-state index contributed by atoms with van der Waals surface area (Å²) in [4.78, 5) is 12.3. The summed E-state index contributed by atoms with van der Waals surface area (Å²) < 4.78 is 16.7. The average molecular weight is 299 g/mol. The van der Waals surface area contributed by atoms with Gasteiger partial charge in [0.25, 0.3) is 0 Å². The van der Waals surface area contributed by atoms with Crippen LogP contribution in [0.25, 0.3) is 0 Å². The Balaban J connectivity index is 2.03. The third-order valence-corrected chi connectivity index (χ3v) is 3.73. The van der Waals surface area contributed by atoms with E-state index in [9.17, 15) is 4.79 Å². The summed E-state index contributed by atoms with van der Waals surface area (Å²) >= 11 is 0. The van der Waals surface area contributed by atoms with Gasteiger partial charge in [-0.05, 0) is 18.2 Å². The molecule has 2 aromatic rings. The van der Waals surface area contributed by atoms with E-state index in [0.717, 1.165) is 5.56 Å². The molecule has 5 nitrogen and oxygen atoms in total. The van der Waals surface area contributed by atoms with E-state index in [1.807, 2.05) is 12.1 Å². The number of nitrogens with two attached hydrogens (primary N) is 1. The summed E-state index contributed by atoms with van der Waals surface area (Å²) in [5, 5.41) is 0. The lowest BCUT2D eigenvalue weighted by atomic mass is 9.95. The molecule has 3 rings (SSSR count). The van der Waals surface area contributed by atoms with Crippen molar-refractivity contribution in [3.05, 3.63) is 47.5 Å². The minimum Gasteiger partial charge on any atom is -0.493 e. The van der Waals surface area contributed by atoms with Gasteiger partial charge in [0, 0.05) is 17.3 Å². The van der Waals surface area contributed by atoms with E-state index >= 15 is 0 Å². The van der Waals surface area contributed by atoms with Crippen LogP contribution >= 0.6 is 0 Å². The molecule has 0 saturated carbocycles. The number of hydrogen-bond donors (Lipinski definition) is 1. The van der Waals surface area contributed by atoms with Crippen molar-refractivity contribution >= 4 is 11.5 Å². The second-order valence-corrected chi connectivity index (χ2v) is 5.07. The number of hydrogen-bond acceptors (Lipinski definition) is 5. The lowest BCUT2D eigenvalue weighted by Gasteiger charge is -2.27. The molecule has 5 heteroatoms. The molecule has 1 unspecified atom stereocenters. The smallest absolute Gasteiger partial charge is 0.170 e. The maximum atomic E-state index is 12.3. The van der Waals surface area contributed by atoms with Crippen molar-refractivity contribution in [3.8, 4) is 17.2 Å². The molecule has 0 saturated heterocycles. The molecule has 2 aromatic carbocycles. The van der Waals surface area contributed by atoms with Gasteiger partial charge in [-0.15, -0.1) is 0 Å². The summed E-state index contributed by atoms with van der Waals surface area (Å²) in [6.07, 6.45) is -0.174. The first-order valence-electron chi connectivity index (χ1n) is 6.94. The van der Waals surface area contributed by atoms with E-state index in [0.29, 0.717) is 28.5 Å². The third kappa shape index (κ3) is 2.35. The zero-order chi connectivity index (χ0) is 15.7. The fraction of sp³-hybridized carbons (Fsp3) is 0.235. The van der Waals surface area contributed by atoms with Crippen molar-refractivity contribution in [2.75, 3.05) is 20.0 Å². The van der Waals surface area contributed by atoms with Gasteiger partial charge in [0.15, 0.2) is 17.3 Å². The van der Waals surface area contributed by atoms with Crippen LogP contribution in [0.3, 0.4) is 0 Å². The topological polar surface area (TPSA) is 70.8 Å². The average Bonchev–Trinajstić information content (AvgIpc) is 2.53. The van der Waals surface area contributed by atoms with Crippen molar-refractivity contribution in [2.45, 2.75) is 12.5 Å². The quantitative estimate of drug-likeness (QED) is 0.882. The second kappa shape index (κ2) is 5.60. The van der Waals surface area contributed by atoms with Gasteiger partial charge < -0.3 is 19.9 Å². The van der Waals surface area contributed by atoms with Crippen LogP contribution in [0.1, 0.15) is 28.4 Å². The molecular formula is C17H17NO4. The lowest BCUT2D eigenvalue weighted by molar-refractivity contribution is 0.0846. The monoisotopic (exact) mass is 299 g/mol. The number of para-hydroxylation sites is 1. The van der Waals surface area contributed by atoms with Gasteiger partial charge >= 0.3 is 0 Å². The predicted molar refractivity (Wildman–Crippen MR) is 82.7 cm³/mol. The van der Waals surface area contributed by atoms with Crippen LogP contribution < -0.4 is 19.9 Å². The number of methoxy groups -OCH3 is 2. The van der Waals surface area contributed by atoms with Gasteiger partial charge in [-0.1, -0.05) is 12.1 Å². The Bertz CT molecular complexity index is 727. The maximum absolute atomic E-state index is 12.3.